The van der Waals surface area contributed by atoms with Crippen LogP contribution >= 0.6 is 0 Å². The predicted octanol–water partition coefficient (Wildman–Crippen LogP) is 0.589. The van der Waals surface area contributed by atoms with Crippen LogP contribution in [0.15, 0.2) is 0 Å². The van der Waals surface area contributed by atoms with Crippen LogP contribution in [0.4, 0.5) is 0 Å². The molecule has 1 unspecified atom stereocenters. The van der Waals surface area contributed by atoms with Crippen LogP contribution in [0.3, 0.4) is 0 Å². The molecule has 2 rings (SSSR count). The van der Waals surface area contributed by atoms with E-state index in [0.29, 0.717) is 38.6 Å². The zero-order valence-electron chi connectivity index (χ0n) is 10.4. The molecular weight excluding hydrogens is 222 g/mol. The van der Waals surface area contributed by atoms with Crippen LogP contribution in [0.1, 0.15) is 19.3 Å². The molecule has 0 saturated carbocycles. The first-order valence-corrected chi connectivity index (χ1v) is 6.23. The fraction of sp³-hybridized carbons (Fsp3) is 0.917. The van der Waals surface area contributed by atoms with Crippen molar-refractivity contribution in [3.63, 3.8) is 0 Å². The lowest BCUT2D eigenvalue weighted by molar-refractivity contribution is -0.156. The van der Waals surface area contributed by atoms with Gasteiger partial charge in [-0.3, -0.25) is 9.69 Å². The van der Waals surface area contributed by atoms with Gasteiger partial charge in [-0.05, 0) is 26.3 Å². The van der Waals surface area contributed by atoms with Crippen molar-refractivity contribution < 1.29 is 19.4 Å². The van der Waals surface area contributed by atoms with E-state index in [0.717, 1.165) is 19.6 Å². The number of hydrogen-bond donors (Lipinski definition) is 1. The molecule has 17 heavy (non-hydrogen) atoms. The number of nitrogens with zero attached hydrogens (tertiary/aromatic N) is 1. The number of carboxylic acids is 1. The highest BCUT2D eigenvalue weighted by Crippen LogP contribution is 2.32. The minimum atomic E-state index is -0.688. The van der Waals surface area contributed by atoms with Crippen LogP contribution in [0, 0.1) is 5.41 Å². The van der Waals surface area contributed by atoms with Crippen molar-refractivity contribution in [3.05, 3.63) is 0 Å². The summed E-state index contributed by atoms with van der Waals surface area (Å²) in [6, 6.07) is 0.370. The average Bonchev–Trinajstić information content (AvgIpc) is 2.83. The van der Waals surface area contributed by atoms with Crippen molar-refractivity contribution in [3.8, 4) is 0 Å². The molecule has 5 nitrogen and oxygen atoms in total. The van der Waals surface area contributed by atoms with Crippen LogP contribution in [-0.4, -0.2) is 62.0 Å². The topological polar surface area (TPSA) is 59.0 Å². The maximum atomic E-state index is 11.5. The van der Waals surface area contributed by atoms with Gasteiger partial charge in [0, 0.05) is 32.4 Å². The number of aliphatic carboxylic acids is 1. The molecule has 2 saturated heterocycles. The van der Waals surface area contributed by atoms with E-state index >= 15 is 0 Å². The van der Waals surface area contributed by atoms with Gasteiger partial charge in [0.15, 0.2) is 0 Å². The fourth-order valence-corrected chi connectivity index (χ4v) is 2.68. The largest absolute Gasteiger partial charge is 0.481 e. The van der Waals surface area contributed by atoms with E-state index in [4.69, 9.17) is 9.47 Å². The van der Waals surface area contributed by atoms with Crippen molar-refractivity contribution in [2.45, 2.75) is 25.3 Å². The monoisotopic (exact) mass is 243 g/mol. The Morgan fingerprint density at radius 1 is 1.35 bits per heavy atom. The summed E-state index contributed by atoms with van der Waals surface area (Å²) in [5.41, 5.74) is -0.629. The van der Waals surface area contributed by atoms with Gasteiger partial charge in [-0.25, -0.2) is 0 Å². The summed E-state index contributed by atoms with van der Waals surface area (Å²) in [7, 11) is 2.00. The minimum Gasteiger partial charge on any atom is -0.481 e. The summed E-state index contributed by atoms with van der Waals surface area (Å²) in [5, 5.41) is 9.47. The maximum absolute atomic E-state index is 11.5. The molecule has 2 aliphatic rings. The van der Waals surface area contributed by atoms with Gasteiger partial charge in [0.05, 0.1) is 12.0 Å². The predicted molar refractivity (Wildman–Crippen MR) is 62.0 cm³/mol. The van der Waals surface area contributed by atoms with Crippen LogP contribution in [0.2, 0.25) is 0 Å². The Bertz CT molecular complexity index is 270. The van der Waals surface area contributed by atoms with Crippen molar-refractivity contribution >= 4 is 5.97 Å². The first kappa shape index (κ1) is 12.8. The van der Waals surface area contributed by atoms with E-state index < -0.39 is 11.4 Å². The van der Waals surface area contributed by atoms with Gasteiger partial charge in [-0.15, -0.1) is 0 Å². The van der Waals surface area contributed by atoms with E-state index in [1.165, 1.54) is 0 Å². The molecule has 0 aliphatic carbocycles. The Kier molecular flexibility index (Phi) is 4.01. The Morgan fingerprint density at radius 3 is 2.59 bits per heavy atom. The Morgan fingerprint density at radius 2 is 2.06 bits per heavy atom. The lowest BCUT2D eigenvalue weighted by Gasteiger charge is -2.38. The highest BCUT2D eigenvalue weighted by molar-refractivity contribution is 5.75. The Balaban J connectivity index is 1.98. The van der Waals surface area contributed by atoms with Crippen LogP contribution in [0.25, 0.3) is 0 Å². The third kappa shape index (κ3) is 2.78. The molecule has 0 amide bonds. The average molecular weight is 243 g/mol. The highest BCUT2D eigenvalue weighted by Gasteiger charge is 2.42. The minimum absolute atomic E-state index is 0.370. The third-order valence-corrected chi connectivity index (χ3v) is 3.98. The van der Waals surface area contributed by atoms with Crippen LogP contribution < -0.4 is 0 Å². The number of hydrogen-bond acceptors (Lipinski definition) is 4. The second-order valence-corrected chi connectivity index (χ2v) is 5.13. The standard InChI is InChI=1S/C12H21NO4/c1-13(10-2-5-17-8-10)9-12(11(14)15)3-6-16-7-4-12/h10H,2-9H2,1H3,(H,14,15). The number of rotatable bonds is 4. The van der Waals surface area contributed by atoms with E-state index in [-0.39, 0.29) is 0 Å². The lowest BCUT2D eigenvalue weighted by atomic mass is 9.79. The summed E-state index contributed by atoms with van der Waals surface area (Å²) in [6.07, 6.45) is 2.23. The molecule has 2 fully saturated rings. The summed E-state index contributed by atoms with van der Waals surface area (Å²) in [4.78, 5) is 13.7. The number of ether oxygens (including phenoxy) is 2. The molecule has 0 aromatic carbocycles. The van der Waals surface area contributed by atoms with E-state index in [1.807, 2.05) is 7.05 Å². The van der Waals surface area contributed by atoms with Crippen molar-refractivity contribution in [1.29, 1.82) is 0 Å². The normalized spacial score (nSPS) is 28.5. The first-order valence-electron chi connectivity index (χ1n) is 6.23. The third-order valence-electron chi connectivity index (χ3n) is 3.98. The molecule has 0 spiro atoms. The molecule has 2 heterocycles. The van der Waals surface area contributed by atoms with Crippen molar-refractivity contribution in [2.24, 2.45) is 5.41 Å². The first-order chi connectivity index (χ1) is 8.14. The molecule has 98 valence electrons. The zero-order chi connectivity index (χ0) is 12.3. The van der Waals surface area contributed by atoms with E-state index in [9.17, 15) is 9.90 Å². The summed E-state index contributed by atoms with van der Waals surface area (Å²) >= 11 is 0. The smallest absolute Gasteiger partial charge is 0.311 e. The molecule has 5 heteroatoms. The molecule has 1 atom stereocenters. The second kappa shape index (κ2) is 5.33. The van der Waals surface area contributed by atoms with E-state index in [2.05, 4.69) is 4.90 Å². The number of likely N-dealkylation sites (N-methyl/N-ethyl adjacent to an activating group) is 1. The van der Waals surface area contributed by atoms with Gasteiger partial charge < -0.3 is 14.6 Å². The second-order valence-electron chi connectivity index (χ2n) is 5.13. The molecule has 2 aliphatic heterocycles. The molecule has 0 radical (unpaired) electrons. The summed E-state index contributed by atoms with van der Waals surface area (Å²) < 4.78 is 10.6. The molecule has 0 bridgehead atoms. The lowest BCUT2D eigenvalue weighted by Crippen LogP contribution is -2.48. The highest BCUT2D eigenvalue weighted by atomic mass is 16.5. The number of carboxylic acid groups (broad SMARTS) is 1. The molecular formula is C12H21NO4. The van der Waals surface area contributed by atoms with Gasteiger partial charge in [-0.2, -0.15) is 0 Å². The Hall–Kier alpha value is -0.650. The maximum Gasteiger partial charge on any atom is 0.311 e. The fourth-order valence-electron chi connectivity index (χ4n) is 2.68. The van der Waals surface area contributed by atoms with Crippen LogP contribution in [0.5, 0.6) is 0 Å². The van der Waals surface area contributed by atoms with Crippen LogP contribution in [-0.2, 0) is 14.3 Å². The quantitative estimate of drug-likeness (QED) is 0.783. The van der Waals surface area contributed by atoms with Gasteiger partial charge in [0.1, 0.15) is 0 Å². The van der Waals surface area contributed by atoms with Gasteiger partial charge in [0.25, 0.3) is 0 Å². The van der Waals surface area contributed by atoms with Crippen molar-refractivity contribution in [2.75, 3.05) is 40.0 Å². The SMILES string of the molecule is CN(CC1(C(=O)O)CCOCC1)C1CCOC1. The Labute approximate surface area is 102 Å². The van der Waals surface area contributed by atoms with Gasteiger partial charge in [-0.1, -0.05) is 0 Å². The van der Waals surface area contributed by atoms with E-state index in [1.54, 1.807) is 0 Å². The van der Waals surface area contributed by atoms with Crippen molar-refractivity contribution in [1.82, 2.24) is 4.90 Å². The summed E-state index contributed by atoms with van der Waals surface area (Å²) in [5.74, 6) is -0.688. The molecule has 0 aromatic rings. The zero-order valence-corrected chi connectivity index (χ0v) is 10.4. The van der Waals surface area contributed by atoms with Gasteiger partial charge >= 0.3 is 5.97 Å². The summed E-state index contributed by atoms with van der Waals surface area (Å²) in [6.45, 7) is 3.23. The number of carbonyl (C=O) groups is 1. The van der Waals surface area contributed by atoms with Gasteiger partial charge in [0.2, 0.25) is 0 Å². The molecule has 0 aromatic heterocycles. The molecule has 1 N–H and O–H groups in total.